The van der Waals surface area contributed by atoms with Crippen LogP contribution in [0.15, 0.2) is 41.3 Å². The molecule has 0 fully saturated rings. The molecular formula is C16H15ClN2O5S. The molecule has 1 amide bonds. The third-order valence-corrected chi connectivity index (χ3v) is 4.97. The van der Waals surface area contributed by atoms with Crippen molar-refractivity contribution in [1.82, 2.24) is 0 Å². The third kappa shape index (κ3) is 4.49. The number of carboxylic acid groups (broad SMARTS) is 1. The molecule has 2 aromatic carbocycles. The molecule has 0 atom stereocenters. The second kappa shape index (κ2) is 7.12. The lowest BCUT2D eigenvalue weighted by Crippen LogP contribution is -2.15. The summed E-state index contributed by atoms with van der Waals surface area (Å²) >= 11 is 6.00. The van der Waals surface area contributed by atoms with Crippen LogP contribution in [-0.4, -0.2) is 25.4 Å². The van der Waals surface area contributed by atoms with Crippen LogP contribution in [0.1, 0.15) is 22.8 Å². The Balaban J connectivity index is 2.37. The summed E-state index contributed by atoms with van der Waals surface area (Å²) in [4.78, 5) is 22.0. The molecule has 0 saturated carbocycles. The van der Waals surface area contributed by atoms with E-state index in [4.69, 9.17) is 16.7 Å². The zero-order valence-electron chi connectivity index (χ0n) is 13.3. The summed E-state index contributed by atoms with van der Waals surface area (Å²) in [5.41, 5.74) is 0.969. The van der Waals surface area contributed by atoms with Crippen molar-refractivity contribution in [3.63, 3.8) is 0 Å². The van der Waals surface area contributed by atoms with E-state index in [-0.39, 0.29) is 32.8 Å². The quantitative estimate of drug-likeness (QED) is 0.735. The van der Waals surface area contributed by atoms with Crippen LogP contribution in [0.25, 0.3) is 0 Å². The summed E-state index contributed by atoms with van der Waals surface area (Å²) in [6.45, 7) is 2.96. The third-order valence-electron chi connectivity index (χ3n) is 3.29. The lowest BCUT2D eigenvalue weighted by molar-refractivity contribution is -0.114. The molecule has 0 aliphatic rings. The van der Waals surface area contributed by atoms with E-state index < -0.39 is 16.0 Å². The highest BCUT2D eigenvalue weighted by molar-refractivity contribution is 7.92. The predicted octanol–water partition coefficient (Wildman–Crippen LogP) is 3.11. The van der Waals surface area contributed by atoms with Gasteiger partial charge in [-0.3, -0.25) is 9.52 Å². The van der Waals surface area contributed by atoms with Gasteiger partial charge in [-0.05, 0) is 42.8 Å². The average Bonchev–Trinajstić information content (AvgIpc) is 2.50. The van der Waals surface area contributed by atoms with E-state index in [9.17, 15) is 18.0 Å². The highest BCUT2D eigenvalue weighted by atomic mass is 35.5. The number of carbonyl (C=O) groups is 2. The Morgan fingerprint density at radius 3 is 2.32 bits per heavy atom. The van der Waals surface area contributed by atoms with Crippen LogP contribution in [-0.2, 0) is 14.8 Å². The minimum Gasteiger partial charge on any atom is -0.478 e. The maximum absolute atomic E-state index is 12.5. The Morgan fingerprint density at radius 1 is 1.08 bits per heavy atom. The fraction of sp³-hybridized carbons (Fsp3) is 0.125. The molecule has 0 heterocycles. The number of nitrogens with one attached hydrogen (secondary N) is 2. The summed E-state index contributed by atoms with van der Waals surface area (Å²) in [5.74, 6) is -1.50. The minimum atomic E-state index is -3.99. The van der Waals surface area contributed by atoms with E-state index >= 15 is 0 Å². The highest BCUT2D eigenvalue weighted by Crippen LogP contribution is 2.27. The summed E-state index contributed by atoms with van der Waals surface area (Å²) in [7, 11) is -3.99. The van der Waals surface area contributed by atoms with Crippen molar-refractivity contribution >= 4 is 44.9 Å². The van der Waals surface area contributed by atoms with Crippen LogP contribution in [0.4, 0.5) is 11.4 Å². The summed E-state index contributed by atoms with van der Waals surface area (Å²) in [6.07, 6.45) is 0. The van der Waals surface area contributed by atoms with E-state index in [2.05, 4.69) is 10.0 Å². The fourth-order valence-electron chi connectivity index (χ4n) is 2.02. The van der Waals surface area contributed by atoms with Gasteiger partial charge in [0.15, 0.2) is 0 Å². The number of carbonyl (C=O) groups excluding carboxylic acids is 1. The zero-order valence-corrected chi connectivity index (χ0v) is 14.9. The maximum Gasteiger partial charge on any atom is 0.335 e. The van der Waals surface area contributed by atoms with Crippen LogP contribution in [0.5, 0.6) is 0 Å². The number of aromatic carboxylic acids is 1. The largest absolute Gasteiger partial charge is 0.478 e. The standard InChI is InChI=1S/C16H15ClN2O5S/c1-9-3-4-11(16(21)22)7-15(9)19-25(23,24)12-5-6-14(13(17)8-12)18-10(2)20/h3-8,19H,1-2H3,(H,18,20)(H,21,22). The van der Waals surface area contributed by atoms with Gasteiger partial charge in [0.05, 0.1) is 26.9 Å². The molecule has 9 heteroatoms. The summed E-state index contributed by atoms with van der Waals surface area (Å²) < 4.78 is 27.4. The molecule has 0 radical (unpaired) electrons. The number of aryl methyl sites for hydroxylation is 1. The first kappa shape index (κ1) is 18.8. The van der Waals surface area contributed by atoms with Crippen molar-refractivity contribution in [2.45, 2.75) is 18.7 Å². The van der Waals surface area contributed by atoms with Crippen LogP contribution < -0.4 is 10.0 Å². The Labute approximate surface area is 149 Å². The van der Waals surface area contributed by atoms with Gasteiger partial charge in [-0.1, -0.05) is 17.7 Å². The Bertz CT molecular complexity index is 957. The maximum atomic E-state index is 12.5. The van der Waals surface area contributed by atoms with Crippen LogP contribution in [0.3, 0.4) is 0 Å². The van der Waals surface area contributed by atoms with Crippen LogP contribution in [0, 0.1) is 6.92 Å². The van der Waals surface area contributed by atoms with E-state index in [1.165, 1.54) is 43.3 Å². The molecule has 132 valence electrons. The van der Waals surface area contributed by atoms with Crippen molar-refractivity contribution in [3.8, 4) is 0 Å². The van der Waals surface area contributed by atoms with Crippen LogP contribution >= 0.6 is 11.6 Å². The lowest BCUT2D eigenvalue weighted by atomic mass is 10.1. The van der Waals surface area contributed by atoms with Gasteiger partial charge < -0.3 is 10.4 Å². The van der Waals surface area contributed by atoms with Gasteiger partial charge in [-0.2, -0.15) is 0 Å². The number of carboxylic acids is 1. The molecular weight excluding hydrogens is 368 g/mol. The van der Waals surface area contributed by atoms with Gasteiger partial charge in [-0.25, -0.2) is 13.2 Å². The smallest absolute Gasteiger partial charge is 0.335 e. The molecule has 0 aromatic heterocycles. The van der Waals surface area contributed by atoms with Crippen LogP contribution in [0.2, 0.25) is 5.02 Å². The van der Waals surface area contributed by atoms with E-state index in [0.717, 1.165) is 0 Å². The normalized spacial score (nSPS) is 11.0. The van der Waals surface area contributed by atoms with Gasteiger partial charge in [0.1, 0.15) is 0 Å². The summed E-state index contributed by atoms with van der Waals surface area (Å²) in [6, 6.07) is 7.99. The minimum absolute atomic E-state index is 0.0395. The molecule has 0 saturated heterocycles. The van der Waals surface area contributed by atoms with Crippen molar-refractivity contribution in [2.75, 3.05) is 10.0 Å². The van der Waals surface area contributed by atoms with E-state index in [1.807, 2.05) is 0 Å². The van der Waals surface area contributed by atoms with Gasteiger partial charge in [0, 0.05) is 6.92 Å². The number of hydrogen-bond acceptors (Lipinski definition) is 4. The molecule has 3 N–H and O–H groups in total. The van der Waals surface area contributed by atoms with Crippen molar-refractivity contribution < 1.29 is 23.1 Å². The van der Waals surface area contributed by atoms with Crippen molar-refractivity contribution in [1.29, 1.82) is 0 Å². The molecule has 2 aromatic rings. The number of sulfonamides is 1. The van der Waals surface area contributed by atoms with Crippen molar-refractivity contribution in [2.24, 2.45) is 0 Å². The number of halogens is 1. The number of amides is 1. The lowest BCUT2D eigenvalue weighted by Gasteiger charge is -2.13. The Hall–Kier alpha value is -2.58. The van der Waals surface area contributed by atoms with E-state index in [0.29, 0.717) is 5.56 Å². The number of benzene rings is 2. The van der Waals surface area contributed by atoms with Gasteiger partial charge in [0.2, 0.25) is 5.91 Å². The predicted molar refractivity (Wildman–Crippen MR) is 94.7 cm³/mol. The van der Waals surface area contributed by atoms with Gasteiger partial charge >= 0.3 is 5.97 Å². The highest BCUT2D eigenvalue weighted by Gasteiger charge is 2.18. The second-order valence-electron chi connectivity index (χ2n) is 5.26. The first-order chi connectivity index (χ1) is 11.6. The molecule has 0 spiro atoms. The topological polar surface area (TPSA) is 113 Å². The molecule has 0 unspecified atom stereocenters. The second-order valence-corrected chi connectivity index (χ2v) is 7.35. The van der Waals surface area contributed by atoms with Crippen molar-refractivity contribution in [3.05, 3.63) is 52.5 Å². The van der Waals surface area contributed by atoms with Gasteiger partial charge in [-0.15, -0.1) is 0 Å². The number of rotatable bonds is 5. The number of anilines is 2. The molecule has 7 nitrogen and oxygen atoms in total. The SMILES string of the molecule is CC(=O)Nc1ccc(S(=O)(=O)Nc2cc(C(=O)O)ccc2C)cc1Cl. The molecule has 25 heavy (non-hydrogen) atoms. The molecule has 0 bridgehead atoms. The Kier molecular flexibility index (Phi) is 5.34. The first-order valence-electron chi connectivity index (χ1n) is 7.04. The Morgan fingerprint density at radius 2 is 1.76 bits per heavy atom. The fourth-order valence-corrected chi connectivity index (χ4v) is 3.46. The molecule has 0 aliphatic carbocycles. The van der Waals surface area contributed by atoms with Gasteiger partial charge in [0.25, 0.3) is 10.0 Å². The number of hydrogen-bond donors (Lipinski definition) is 3. The average molecular weight is 383 g/mol. The zero-order chi connectivity index (χ0) is 18.8. The monoisotopic (exact) mass is 382 g/mol. The first-order valence-corrected chi connectivity index (χ1v) is 8.90. The van der Waals surface area contributed by atoms with E-state index in [1.54, 1.807) is 6.92 Å². The molecule has 0 aliphatic heterocycles. The summed E-state index contributed by atoms with van der Waals surface area (Å²) in [5, 5.41) is 11.6. The molecule has 2 rings (SSSR count).